The monoisotopic (exact) mass is 491 g/mol. The van der Waals surface area contributed by atoms with Crippen LogP contribution in [0.25, 0.3) is 10.8 Å². The largest absolute Gasteiger partial charge is 0.348 e. The SMILES string of the molecule is CC(NC(=O)CN1C(=O)NC(Cc2ccccc2)(Cc2ccccc2)C1=O)c1ccc2ccccc2c1. The first-order valence-corrected chi connectivity index (χ1v) is 12.4. The summed E-state index contributed by atoms with van der Waals surface area (Å²) in [4.78, 5) is 40.8. The first kappa shape index (κ1) is 24.3. The molecule has 4 aromatic rings. The van der Waals surface area contributed by atoms with Gasteiger partial charge in [0.05, 0.1) is 6.04 Å². The Balaban J connectivity index is 1.33. The van der Waals surface area contributed by atoms with E-state index < -0.39 is 17.5 Å². The van der Waals surface area contributed by atoms with Crippen molar-refractivity contribution in [1.29, 1.82) is 0 Å². The first-order valence-electron chi connectivity index (χ1n) is 12.4. The Hall–Kier alpha value is -4.45. The van der Waals surface area contributed by atoms with Crippen LogP contribution in [0.4, 0.5) is 4.79 Å². The zero-order valence-electron chi connectivity index (χ0n) is 20.7. The molecule has 1 atom stereocenters. The molecule has 1 aliphatic rings. The fourth-order valence-electron chi connectivity index (χ4n) is 5.00. The highest BCUT2D eigenvalue weighted by atomic mass is 16.2. The van der Waals surface area contributed by atoms with Crippen LogP contribution in [0.1, 0.15) is 29.7 Å². The first-order chi connectivity index (χ1) is 17.9. The number of fused-ring (bicyclic) bond motifs is 1. The van der Waals surface area contributed by atoms with Crippen LogP contribution in [0.5, 0.6) is 0 Å². The minimum atomic E-state index is -1.16. The van der Waals surface area contributed by atoms with E-state index in [-0.39, 0.29) is 18.5 Å². The number of amides is 4. The highest BCUT2D eigenvalue weighted by Gasteiger charge is 2.51. The second-order valence-electron chi connectivity index (χ2n) is 9.62. The molecule has 0 aromatic heterocycles. The number of nitrogens with zero attached hydrogens (tertiary/aromatic N) is 1. The summed E-state index contributed by atoms with van der Waals surface area (Å²) in [5.74, 6) is -0.780. The summed E-state index contributed by atoms with van der Waals surface area (Å²) in [6, 6.07) is 32.4. The molecule has 1 heterocycles. The maximum atomic E-state index is 13.7. The number of hydrogen-bond acceptors (Lipinski definition) is 3. The fraction of sp³-hybridized carbons (Fsp3) is 0.194. The van der Waals surface area contributed by atoms with Gasteiger partial charge in [0.25, 0.3) is 5.91 Å². The third kappa shape index (κ3) is 5.23. The molecule has 4 aromatic carbocycles. The van der Waals surface area contributed by atoms with Crippen molar-refractivity contribution >= 4 is 28.6 Å². The predicted octanol–water partition coefficient (Wildman–Crippen LogP) is 4.79. The molecule has 6 nitrogen and oxygen atoms in total. The molecule has 0 radical (unpaired) electrons. The number of nitrogens with one attached hydrogen (secondary N) is 2. The lowest BCUT2D eigenvalue weighted by molar-refractivity contribution is -0.135. The average molecular weight is 492 g/mol. The maximum absolute atomic E-state index is 13.7. The third-order valence-electron chi connectivity index (χ3n) is 6.90. The lowest BCUT2D eigenvalue weighted by Gasteiger charge is -2.27. The Morgan fingerprint density at radius 1 is 0.811 bits per heavy atom. The fourth-order valence-corrected chi connectivity index (χ4v) is 5.00. The van der Waals surface area contributed by atoms with Crippen molar-refractivity contribution in [3.63, 3.8) is 0 Å². The van der Waals surface area contributed by atoms with Crippen molar-refractivity contribution in [3.8, 4) is 0 Å². The van der Waals surface area contributed by atoms with Crippen LogP contribution >= 0.6 is 0 Å². The Labute approximate surface area is 216 Å². The number of benzene rings is 4. The number of carbonyl (C=O) groups is 3. The molecular weight excluding hydrogens is 462 g/mol. The van der Waals surface area contributed by atoms with Crippen LogP contribution in [-0.2, 0) is 22.4 Å². The van der Waals surface area contributed by atoms with Gasteiger partial charge in [-0.05, 0) is 40.5 Å². The van der Waals surface area contributed by atoms with Crippen molar-refractivity contribution in [3.05, 3.63) is 120 Å². The lowest BCUT2D eigenvalue weighted by Crippen LogP contribution is -2.51. The standard InChI is InChI=1S/C31H29N3O3/c1-22(26-17-16-25-14-8-9-15-27(25)18-26)32-28(35)21-34-29(36)31(33-30(34)37,19-23-10-4-2-5-11-23)20-24-12-6-3-7-13-24/h2-18,22H,19-21H2,1H3,(H,32,35)(H,33,37). The van der Waals surface area contributed by atoms with Crippen LogP contribution in [-0.4, -0.2) is 34.8 Å². The normalized spacial score (nSPS) is 15.4. The zero-order chi connectivity index (χ0) is 25.8. The quantitative estimate of drug-likeness (QED) is 0.348. The van der Waals surface area contributed by atoms with E-state index in [0.29, 0.717) is 12.8 Å². The van der Waals surface area contributed by atoms with E-state index in [9.17, 15) is 14.4 Å². The van der Waals surface area contributed by atoms with Gasteiger partial charge in [-0.15, -0.1) is 0 Å². The molecule has 0 spiro atoms. The van der Waals surface area contributed by atoms with Gasteiger partial charge in [-0.1, -0.05) is 97.1 Å². The van der Waals surface area contributed by atoms with Crippen molar-refractivity contribution in [2.24, 2.45) is 0 Å². The van der Waals surface area contributed by atoms with Crippen molar-refractivity contribution < 1.29 is 14.4 Å². The number of hydrogen-bond donors (Lipinski definition) is 2. The molecule has 2 N–H and O–H groups in total. The topological polar surface area (TPSA) is 78.5 Å². The molecular formula is C31H29N3O3. The van der Waals surface area contributed by atoms with Crippen molar-refractivity contribution in [2.75, 3.05) is 6.54 Å². The summed E-state index contributed by atoms with van der Waals surface area (Å²) >= 11 is 0. The third-order valence-corrected chi connectivity index (χ3v) is 6.90. The summed E-state index contributed by atoms with van der Waals surface area (Å²) in [6.45, 7) is 1.55. The maximum Gasteiger partial charge on any atom is 0.325 e. The average Bonchev–Trinajstić information content (AvgIpc) is 3.13. The Morgan fingerprint density at radius 2 is 1.38 bits per heavy atom. The Morgan fingerprint density at radius 3 is 2.00 bits per heavy atom. The molecule has 0 saturated carbocycles. The molecule has 1 aliphatic heterocycles. The Kier molecular flexibility index (Phi) is 6.73. The molecule has 1 unspecified atom stereocenters. The number of imide groups is 1. The minimum absolute atomic E-state index is 0.281. The molecule has 0 bridgehead atoms. The summed E-state index contributed by atoms with van der Waals surface area (Å²) in [5, 5.41) is 8.08. The van der Waals surface area contributed by atoms with Crippen LogP contribution < -0.4 is 10.6 Å². The van der Waals surface area contributed by atoms with Crippen LogP contribution in [0.2, 0.25) is 0 Å². The summed E-state index contributed by atoms with van der Waals surface area (Å²) < 4.78 is 0. The van der Waals surface area contributed by atoms with Crippen LogP contribution in [0.15, 0.2) is 103 Å². The van der Waals surface area contributed by atoms with E-state index in [0.717, 1.165) is 32.4 Å². The second kappa shape index (κ2) is 10.3. The van der Waals surface area contributed by atoms with E-state index in [2.05, 4.69) is 10.6 Å². The molecule has 5 rings (SSSR count). The number of rotatable bonds is 8. The van der Waals surface area contributed by atoms with Crippen LogP contribution in [0.3, 0.4) is 0 Å². The van der Waals surface area contributed by atoms with E-state index in [4.69, 9.17) is 0 Å². The second-order valence-corrected chi connectivity index (χ2v) is 9.62. The van der Waals surface area contributed by atoms with Crippen LogP contribution in [0, 0.1) is 0 Å². The molecule has 37 heavy (non-hydrogen) atoms. The van der Waals surface area contributed by atoms with Gasteiger partial charge in [-0.2, -0.15) is 0 Å². The van der Waals surface area contributed by atoms with Gasteiger partial charge in [0.15, 0.2) is 0 Å². The molecule has 0 aliphatic carbocycles. The van der Waals surface area contributed by atoms with E-state index in [1.165, 1.54) is 0 Å². The van der Waals surface area contributed by atoms with Gasteiger partial charge >= 0.3 is 6.03 Å². The molecule has 6 heteroatoms. The summed E-state index contributed by atoms with van der Waals surface area (Å²) in [6.07, 6.45) is 0.665. The highest BCUT2D eigenvalue weighted by Crippen LogP contribution is 2.27. The van der Waals surface area contributed by atoms with E-state index in [1.54, 1.807) is 0 Å². The van der Waals surface area contributed by atoms with E-state index in [1.807, 2.05) is 110 Å². The lowest BCUT2D eigenvalue weighted by atomic mass is 9.84. The van der Waals surface area contributed by atoms with Gasteiger partial charge in [0.2, 0.25) is 5.91 Å². The van der Waals surface area contributed by atoms with Crippen molar-refractivity contribution in [2.45, 2.75) is 31.3 Å². The minimum Gasteiger partial charge on any atom is -0.348 e. The van der Waals surface area contributed by atoms with Crippen molar-refractivity contribution in [1.82, 2.24) is 15.5 Å². The van der Waals surface area contributed by atoms with Gasteiger partial charge < -0.3 is 10.6 Å². The molecule has 1 saturated heterocycles. The molecule has 4 amide bonds. The van der Waals surface area contributed by atoms with Gasteiger partial charge in [-0.25, -0.2) is 4.79 Å². The van der Waals surface area contributed by atoms with Gasteiger partial charge in [0.1, 0.15) is 12.1 Å². The Bertz CT molecular complexity index is 1390. The molecule has 186 valence electrons. The molecule has 1 fully saturated rings. The van der Waals surface area contributed by atoms with Gasteiger partial charge in [0, 0.05) is 12.8 Å². The summed E-state index contributed by atoms with van der Waals surface area (Å²) in [5.41, 5.74) is 1.66. The number of urea groups is 1. The predicted molar refractivity (Wildman–Crippen MR) is 144 cm³/mol. The highest BCUT2D eigenvalue weighted by molar-refractivity contribution is 6.09. The number of carbonyl (C=O) groups excluding carboxylic acids is 3. The smallest absolute Gasteiger partial charge is 0.325 e. The van der Waals surface area contributed by atoms with Gasteiger partial charge in [-0.3, -0.25) is 14.5 Å². The van der Waals surface area contributed by atoms with E-state index >= 15 is 0 Å². The summed E-state index contributed by atoms with van der Waals surface area (Å²) in [7, 11) is 0. The zero-order valence-corrected chi connectivity index (χ0v) is 20.7.